The average molecular weight is 254 g/mol. The molecule has 0 atom stereocenters. The second-order valence-corrected chi connectivity index (χ2v) is 3.87. The Morgan fingerprint density at radius 2 is 1.67 bits per heavy atom. The van der Waals surface area contributed by atoms with Gasteiger partial charge in [-0.2, -0.15) is 0 Å². The maximum Gasteiger partial charge on any atom is 0.433 e. The molecule has 0 fully saturated rings. The van der Waals surface area contributed by atoms with E-state index in [1.54, 1.807) is 0 Å². The van der Waals surface area contributed by atoms with Gasteiger partial charge in [0.1, 0.15) is 0 Å². The first kappa shape index (κ1) is 13.5. The second-order valence-electron chi connectivity index (χ2n) is 3.87. The SMILES string of the molecule is CC(C)([N+](=O)[O-])[N+]([O-])=Nc1ccccc1[N+](=O)[O-]. The van der Waals surface area contributed by atoms with Crippen molar-refractivity contribution in [2.75, 3.05) is 0 Å². The number of azo groups is 1. The lowest BCUT2D eigenvalue weighted by Gasteiger charge is -2.11. The Balaban J connectivity index is 3.26. The molecule has 0 aliphatic heterocycles. The van der Waals surface area contributed by atoms with E-state index in [-0.39, 0.29) is 10.5 Å². The number of hydrogen-bond donors (Lipinski definition) is 0. The Morgan fingerprint density at radius 3 is 2.17 bits per heavy atom. The highest BCUT2D eigenvalue weighted by Gasteiger charge is 2.42. The van der Waals surface area contributed by atoms with Crippen LogP contribution in [0.4, 0.5) is 11.4 Å². The quantitative estimate of drug-likeness (QED) is 0.267. The summed E-state index contributed by atoms with van der Waals surface area (Å²) in [4.78, 5) is 19.6. The molecular formula is C9H10N4O5. The van der Waals surface area contributed by atoms with Gasteiger partial charge >= 0.3 is 11.4 Å². The van der Waals surface area contributed by atoms with Gasteiger partial charge in [0.05, 0.1) is 23.7 Å². The summed E-state index contributed by atoms with van der Waals surface area (Å²) in [7, 11) is 0. The van der Waals surface area contributed by atoms with E-state index in [9.17, 15) is 25.4 Å². The maximum absolute atomic E-state index is 11.5. The third-order valence-electron chi connectivity index (χ3n) is 2.19. The summed E-state index contributed by atoms with van der Waals surface area (Å²) in [5.74, 6) is 0. The van der Waals surface area contributed by atoms with E-state index in [1.165, 1.54) is 18.2 Å². The molecule has 0 amide bonds. The summed E-state index contributed by atoms with van der Waals surface area (Å²) < 4.78 is 0. The van der Waals surface area contributed by atoms with Crippen molar-refractivity contribution in [3.8, 4) is 0 Å². The summed E-state index contributed by atoms with van der Waals surface area (Å²) in [5, 5.41) is 36.2. The third kappa shape index (κ3) is 2.56. The van der Waals surface area contributed by atoms with Crippen molar-refractivity contribution >= 4 is 11.4 Å². The predicted molar refractivity (Wildman–Crippen MR) is 59.9 cm³/mol. The van der Waals surface area contributed by atoms with Crippen LogP contribution in [0.1, 0.15) is 13.8 Å². The average Bonchev–Trinajstić information content (AvgIpc) is 2.29. The number of benzene rings is 1. The lowest BCUT2D eigenvalue weighted by atomic mass is 10.3. The van der Waals surface area contributed by atoms with Gasteiger partial charge in [0.25, 0.3) is 0 Å². The first-order valence-corrected chi connectivity index (χ1v) is 4.83. The first-order valence-electron chi connectivity index (χ1n) is 4.83. The highest BCUT2D eigenvalue weighted by atomic mass is 16.7. The molecule has 0 aromatic heterocycles. The molecule has 0 aliphatic rings. The van der Waals surface area contributed by atoms with E-state index in [4.69, 9.17) is 0 Å². The van der Waals surface area contributed by atoms with E-state index in [1.807, 2.05) is 0 Å². The van der Waals surface area contributed by atoms with Crippen molar-refractivity contribution in [3.63, 3.8) is 0 Å². The standard InChI is InChI=1S/C9H10N4O5/c1-9(2,13(17)18)12(16)10-7-5-3-4-6-8(7)11(14)15/h3-6H,1-2H3. The van der Waals surface area contributed by atoms with Gasteiger partial charge in [0, 0.05) is 11.2 Å². The maximum atomic E-state index is 11.5. The first-order chi connectivity index (χ1) is 8.26. The fourth-order valence-electron chi connectivity index (χ4n) is 0.993. The molecule has 9 heteroatoms. The van der Waals surface area contributed by atoms with Gasteiger partial charge in [-0.3, -0.25) is 20.2 Å². The number of hydroxylamine groups is 1. The van der Waals surface area contributed by atoms with Crippen LogP contribution in [0.5, 0.6) is 0 Å². The van der Waals surface area contributed by atoms with Crippen molar-refractivity contribution in [1.29, 1.82) is 0 Å². The molecular weight excluding hydrogens is 244 g/mol. The van der Waals surface area contributed by atoms with Gasteiger partial charge in [0.2, 0.25) is 5.69 Å². The van der Waals surface area contributed by atoms with Gasteiger partial charge in [-0.1, -0.05) is 12.1 Å². The molecule has 1 rings (SSSR count). The minimum absolute atomic E-state index is 0.157. The Morgan fingerprint density at radius 1 is 1.11 bits per heavy atom. The minimum Gasteiger partial charge on any atom is -0.594 e. The van der Waals surface area contributed by atoms with Crippen LogP contribution in [0.3, 0.4) is 0 Å². The number of nitro benzene ring substituents is 1. The third-order valence-corrected chi connectivity index (χ3v) is 2.19. The van der Waals surface area contributed by atoms with Crippen LogP contribution in [0.15, 0.2) is 29.4 Å². The van der Waals surface area contributed by atoms with E-state index in [0.29, 0.717) is 0 Å². The van der Waals surface area contributed by atoms with Crippen LogP contribution in [-0.4, -0.2) is 20.4 Å². The van der Waals surface area contributed by atoms with Crippen LogP contribution in [0, 0.1) is 25.4 Å². The van der Waals surface area contributed by atoms with E-state index >= 15 is 0 Å². The molecule has 9 nitrogen and oxygen atoms in total. The zero-order valence-corrected chi connectivity index (χ0v) is 9.64. The smallest absolute Gasteiger partial charge is 0.433 e. The number of rotatable bonds is 4. The summed E-state index contributed by atoms with van der Waals surface area (Å²) in [6, 6.07) is 5.24. The van der Waals surface area contributed by atoms with Crippen LogP contribution in [-0.2, 0) is 0 Å². The molecule has 0 aliphatic carbocycles. The summed E-state index contributed by atoms with van der Waals surface area (Å²) in [6.45, 7) is 2.11. The summed E-state index contributed by atoms with van der Waals surface area (Å²) in [5.41, 5.74) is -2.62. The Hall–Kier alpha value is -2.58. The Kier molecular flexibility index (Phi) is 3.55. The van der Waals surface area contributed by atoms with E-state index < -0.39 is 21.2 Å². The highest BCUT2D eigenvalue weighted by molar-refractivity contribution is 5.55. The normalized spacial score (nSPS) is 12.2. The number of para-hydroxylation sites is 1. The zero-order chi connectivity index (χ0) is 13.9. The van der Waals surface area contributed by atoms with Gasteiger partial charge in [-0.15, -0.1) is 0 Å². The highest BCUT2D eigenvalue weighted by Crippen LogP contribution is 2.27. The van der Waals surface area contributed by atoms with Crippen molar-refractivity contribution < 1.29 is 14.7 Å². The zero-order valence-electron chi connectivity index (χ0n) is 9.64. The predicted octanol–water partition coefficient (Wildman–Crippen LogP) is 2.20. The van der Waals surface area contributed by atoms with Crippen LogP contribution in [0.25, 0.3) is 0 Å². The molecule has 96 valence electrons. The van der Waals surface area contributed by atoms with Gasteiger partial charge < -0.3 is 5.21 Å². The lowest BCUT2D eigenvalue weighted by molar-refractivity contribution is -0.804. The molecule has 0 radical (unpaired) electrons. The molecule has 0 N–H and O–H groups in total. The van der Waals surface area contributed by atoms with Gasteiger partial charge in [-0.25, -0.2) is 0 Å². The molecule has 1 aromatic rings. The summed E-state index contributed by atoms with van der Waals surface area (Å²) in [6.07, 6.45) is 0. The summed E-state index contributed by atoms with van der Waals surface area (Å²) >= 11 is 0. The molecule has 1 aromatic carbocycles. The van der Waals surface area contributed by atoms with Gasteiger partial charge in [-0.05, 0) is 10.9 Å². The van der Waals surface area contributed by atoms with Crippen LogP contribution >= 0.6 is 0 Å². The van der Waals surface area contributed by atoms with Crippen LogP contribution in [0.2, 0.25) is 0 Å². The van der Waals surface area contributed by atoms with Crippen LogP contribution < -0.4 is 0 Å². The number of nitrogens with zero attached hydrogens (tertiary/aromatic N) is 4. The molecule has 0 unspecified atom stereocenters. The topological polar surface area (TPSA) is 125 Å². The van der Waals surface area contributed by atoms with Crippen molar-refractivity contribution in [3.05, 3.63) is 49.7 Å². The molecule has 0 heterocycles. The molecule has 18 heavy (non-hydrogen) atoms. The largest absolute Gasteiger partial charge is 0.594 e. The number of nitro groups is 2. The van der Waals surface area contributed by atoms with E-state index in [0.717, 1.165) is 19.9 Å². The molecule has 0 saturated heterocycles. The van der Waals surface area contributed by atoms with Crippen molar-refractivity contribution in [2.24, 2.45) is 5.11 Å². The molecule has 0 bridgehead atoms. The van der Waals surface area contributed by atoms with E-state index in [2.05, 4.69) is 5.11 Å². The van der Waals surface area contributed by atoms with Crippen molar-refractivity contribution in [2.45, 2.75) is 19.5 Å². The molecule has 0 saturated carbocycles. The fourth-order valence-corrected chi connectivity index (χ4v) is 0.993. The minimum atomic E-state index is -2.00. The lowest BCUT2D eigenvalue weighted by Crippen LogP contribution is -2.40. The Bertz CT molecular complexity index is 525. The Labute approximate surface area is 101 Å². The monoisotopic (exact) mass is 254 g/mol. The van der Waals surface area contributed by atoms with Gasteiger partial charge in [0.15, 0.2) is 0 Å². The number of hydrogen-bond acceptors (Lipinski definition) is 6. The molecule has 0 spiro atoms. The fraction of sp³-hybridized carbons (Fsp3) is 0.333. The van der Waals surface area contributed by atoms with Crippen molar-refractivity contribution in [1.82, 2.24) is 0 Å². The second kappa shape index (κ2) is 4.73.